The van der Waals surface area contributed by atoms with Crippen molar-refractivity contribution in [3.63, 3.8) is 0 Å². The minimum absolute atomic E-state index is 0.268. The maximum atomic E-state index is 14.4. The Hall–Kier alpha value is -2.53. The summed E-state index contributed by atoms with van der Waals surface area (Å²) in [6, 6.07) is 13.2. The summed E-state index contributed by atoms with van der Waals surface area (Å²) in [7, 11) is 2.02. The van der Waals surface area contributed by atoms with Gasteiger partial charge in [-0.25, -0.2) is 8.78 Å². The summed E-state index contributed by atoms with van der Waals surface area (Å²) < 4.78 is 29.7. The molecule has 0 aliphatic carbocycles. The molecule has 2 heterocycles. The Morgan fingerprint density at radius 2 is 1.88 bits per heavy atom. The number of aromatic nitrogens is 2. The summed E-state index contributed by atoms with van der Waals surface area (Å²) in [5, 5.41) is 4.67. The van der Waals surface area contributed by atoms with Crippen LogP contribution in [-0.2, 0) is 19.6 Å². The molecule has 0 N–H and O–H groups in total. The summed E-state index contributed by atoms with van der Waals surface area (Å²) in [4.78, 5) is 2.15. The van der Waals surface area contributed by atoms with Gasteiger partial charge in [0.15, 0.2) is 0 Å². The Kier molecular flexibility index (Phi) is 3.65. The van der Waals surface area contributed by atoms with Crippen LogP contribution in [0.3, 0.4) is 0 Å². The molecule has 0 unspecified atom stereocenters. The molecule has 0 saturated heterocycles. The molecule has 5 heteroatoms. The number of rotatable bonds is 3. The second-order valence-electron chi connectivity index (χ2n) is 6.21. The van der Waals surface area contributed by atoms with E-state index in [0.29, 0.717) is 12.1 Å². The monoisotopic (exact) mass is 325 g/mol. The third-order valence-electron chi connectivity index (χ3n) is 4.33. The third-order valence-corrected chi connectivity index (χ3v) is 4.33. The van der Waals surface area contributed by atoms with Gasteiger partial charge in [-0.05, 0) is 36.9 Å². The summed E-state index contributed by atoms with van der Waals surface area (Å²) in [6.45, 7) is 1.90. The highest BCUT2D eigenvalue weighted by molar-refractivity contribution is 5.66. The normalized spacial score (nSPS) is 14.1. The molecule has 1 aromatic heterocycles. The van der Waals surface area contributed by atoms with E-state index in [0.717, 1.165) is 35.6 Å². The lowest BCUT2D eigenvalue weighted by Gasteiger charge is -2.13. The first-order chi connectivity index (χ1) is 11.6. The molecule has 0 radical (unpaired) electrons. The van der Waals surface area contributed by atoms with E-state index in [4.69, 9.17) is 0 Å². The average molecular weight is 325 g/mol. The topological polar surface area (TPSA) is 21.1 Å². The van der Waals surface area contributed by atoms with Gasteiger partial charge in [0.05, 0.1) is 17.9 Å². The van der Waals surface area contributed by atoms with Crippen molar-refractivity contribution in [2.24, 2.45) is 0 Å². The van der Waals surface area contributed by atoms with E-state index in [1.54, 1.807) is 22.9 Å². The Morgan fingerprint density at radius 3 is 2.67 bits per heavy atom. The molecule has 4 rings (SSSR count). The molecule has 0 fully saturated rings. The fraction of sp³-hybridized carbons (Fsp3) is 0.211. The molecular formula is C19H17F2N3. The van der Waals surface area contributed by atoms with E-state index < -0.39 is 0 Å². The van der Waals surface area contributed by atoms with Crippen LogP contribution in [0, 0.1) is 11.6 Å². The molecule has 0 atom stereocenters. The van der Waals surface area contributed by atoms with Gasteiger partial charge in [0.25, 0.3) is 0 Å². The quantitative estimate of drug-likeness (QED) is 0.730. The van der Waals surface area contributed by atoms with Crippen LogP contribution in [0.25, 0.3) is 11.3 Å². The van der Waals surface area contributed by atoms with E-state index in [-0.39, 0.29) is 11.6 Å². The van der Waals surface area contributed by atoms with E-state index in [1.807, 2.05) is 19.2 Å². The van der Waals surface area contributed by atoms with Gasteiger partial charge in [-0.1, -0.05) is 24.3 Å². The summed E-state index contributed by atoms with van der Waals surface area (Å²) in [5.74, 6) is -0.547. The van der Waals surface area contributed by atoms with E-state index in [9.17, 15) is 8.78 Å². The fourth-order valence-corrected chi connectivity index (χ4v) is 3.30. The standard InChI is InChI=1S/C19H17F2N3/c1-23-11-16-18(12-23)22-24(10-13-5-4-6-14(20)9-13)19(16)15-7-2-3-8-17(15)21/h2-9H,10-12H2,1H3. The number of fused-ring (bicyclic) bond motifs is 1. The number of hydrogen-bond donors (Lipinski definition) is 0. The van der Waals surface area contributed by atoms with E-state index in [1.165, 1.54) is 18.2 Å². The minimum Gasteiger partial charge on any atom is -0.296 e. The van der Waals surface area contributed by atoms with E-state index >= 15 is 0 Å². The van der Waals surface area contributed by atoms with Gasteiger partial charge in [-0.2, -0.15) is 5.10 Å². The zero-order valence-electron chi connectivity index (χ0n) is 13.3. The van der Waals surface area contributed by atoms with Crippen molar-refractivity contribution in [3.05, 3.63) is 77.0 Å². The molecule has 0 bridgehead atoms. The van der Waals surface area contributed by atoms with Crippen molar-refractivity contribution in [2.45, 2.75) is 19.6 Å². The molecule has 3 aromatic rings. The molecule has 122 valence electrons. The predicted molar refractivity (Wildman–Crippen MR) is 88.3 cm³/mol. The van der Waals surface area contributed by atoms with Crippen molar-refractivity contribution in [1.82, 2.24) is 14.7 Å². The second kappa shape index (κ2) is 5.83. The molecule has 2 aromatic carbocycles. The number of benzene rings is 2. The molecule has 0 spiro atoms. The molecule has 1 aliphatic heterocycles. The van der Waals surface area contributed by atoms with Crippen LogP contribution < -0.4 is 0 Å². The van der Waals surface area contributed by atoms with Crippen molar-refractivity contribution < 1.29 is 8.78 Å². The Bertz CT molecular complexity index is 901. The highest BCUT2D eigenvalue weighted by Crippen LogP contribution is 2.33. The zero-order chi connectivity index (χ0) is 16.7. The largest absolute Gasteiger partial charge is 0.296 e. The van der Waals surface area contributed by atoms with Crippen molar-refractivity contribution in [2.75, 3.05) is 7.05 Å². The van der Waals surface area contributed by atoms with Gasteiger partial charge >= 0.3 is 0 Å². The maximum Gasteiger partial charge on any atom is 0.132 e. The first-order valence-electron chi connectivity index (χ1n) is 7.88. The van der Waals surface area contributed by atoms with Crippen LogP contribution in [0.15, 0.2) is 48.5 Å². The molecule has 24 heavy (non-hydrogen) atoms. The molecular weight excluding hydrogens is 308 g/mol. The molecule has 1 aliphatic rings. The summed E-state index contributed by atoms with van der Waals surface area (Å²) in [5.41, 5.74) is 4.16. The number of halogens is 2. The summed E-state index contributed by atoms with van der Waals surface area (Å²) >= 11 is 0. The second-order valence-corrected chi connectivity index (χ2v) is 6.21. The number of nitrogens with zero attached hydrogens (tertiary/aromatic N) is 3. The first-order valence-corrected chi connectivity index (χ1v) is 7.88. The SMILES string of the molecule is CN1Cc2nn(Cc3cccc(F)c3)c(-c3ccccc3F)c2C1. The van der Waals surface area contributed by atoms with Crippen molar-refractivity contribution >= 4 is 0 Å². The molecule has 3 nitrogen and oxygen atoms in total. The number of hydrogen-bond acceptors (Lipinski definition) is 2. The maximum absolute atomic E-state index is 14.4. The minimum atomic E-state index is -0.278. The average Bonchev–Trinajstić information content (AvgIpc) is 3.04. The predicted octanol–water partition coefficient (Wildman–Crippen LogP) is 3.82. The van der Waals surface area contributed by atoms with E-state index in [2.05, 4.69) is 10.00 Å². The third kappa shape index (κ3) is 2.61. The Balaban J connectivity index is 1.83. The zero-order valence-corrected chi connectivity index (χ0v) is 13.3. The first kappa shape index (κ1) is 15.0. The van der Waals surface area contributed by atoms with Gasteiger partial charge in [0, 0.05) is 24.2 Å². The van der Waals surface area contributed by atoms with Gasteiger partial charge in [-0.15, -0.1) is 0 Å². The van der Waals surface area contributed by atoms with Crippen LogP contribution in [0.4, 0.5) is 8.78 Å². The van der Waals surface area contributed by atoms with Gasteiger partial charge in [-0.3, -0.25) is 9.58 Å². The lowest BCUT2D eigenvalue weighted by molar-refractivity contribution is 0.346. The van der Waals surface area contributed by atoms with Crippen LogP contribution >= 0.6 is 0 Å². The lowest BCUT2D eigenvalue weighted by Crippen LogP contribution is -2.13. The smallest absolute Gasteiger partial charge is 0.132 e. The lowest BCUT2D eigenvalue weighted by atomic mass is 10.1. The van der Waals surface area contributed by atoms with Gasteiger partial charge in [0.1, 0.15) is 11.6 Å². The van der Waals surface area contributed by atoms with Crippen molar-refractivity contribution in [1.29, 1.82) is 0 Å². The fourth-order valence-electron chi connectivity index (χ4n) is 3.30. The molecule has 0 amide bonds. The summed E-state index contributed by atoms with van der Waals surface area (Å²) in [6.07, 6.45) is 0. The Labute approximate surface area is 139 Å². The Morgan fingerprint density at radius 1 is 1.04 bits per heavy atom. The van der Waals surface area contributed by atoms with Crippen LogP contribution in [0.5, 0.6) is 0 Å². The van der Waals surface area contributed by atoms with Crippen LogP contribution in [0.2, 0.25) is 0 Å². The molecule has 0 saturated carbocycles. The highest BCUT2D eigenvalue weighted by Gasteiger charge is 2.27. The van der Waals surface area contributed by atoms with Crippen LogP contribution in [-0.4, -0.2) is 21.7 Å². The van der Waals surface area contributed by atoms with Gasteiger partial charge < -0.3 is 0 Å². The highest BCUT2D eigenvalue weighted by atomic mass is 19.1. The van der Waals surface area contributed by atoms with Gasteiger partial charge in [0.2, 0.25) is 0 Å². The van der Waals surface area contributed by atoms with Crippen molar-refractivity contribution in [3.8, 4) is 11.3 Å². The van der Waals surface area contributed by atoms with Crippen LogP contribution in [0.1, 0.15) is 16.8 Å².